The molecular weight excluding hydrogens is 504 g/mol. The average molecular weight is 531 g/mol. The smallest absolute Gasteiger partial charge is 0.258 e. The van der Waals surface area contributed by atoms with Gasteiger partial charge in [0.05, 0.1) is 35.1 Å². The molecule has 1 aliphatic heterocycles. The van der Waals surface area contributed by atoms with E-state index in [4.69, 9.17) is 4.74 Å². The number of hydrogen-bond donors (Lipinski definition) is 1. The zero-order chi connectivity index (χ0) is 24.5. The van der Waals surface area contributed by atoms with Gasteiger partial charge in [-0.3, -0.25) is 9.48 Å². The maximum atomic E-state index is 13.6. The minimum Gasteiger partial charge on any atom is -0.496 e. The zero-order valence-electron chi connectivity index (χ0n) is 20.0. The van der Waals surface area contributed by atoms with Crippen LogP contribution in [0.5, 0.6) is 5.75 Å². The van der Waals surface area contributed by atoms with E-state index in [9.17, 15) is 4.79 Å². The first-order chi connectivity index (χ1) is 17.0. The lowest BCUT2D eigenvalue weighted by molar-refractivity contribution is 0.0666. The number of para-hydroxylation sites is 1. The highest BCUT2D eigenvalue weighted by Gasteiger charge is 2.33. The molecule has 0 saturated carbocycles. The lowest BCUT2D eigenvalue weighted by Crippen LogP contribution is -2.42. The molecule has 1 N–H and O–H groups in total. The molecule has 6 nitrogen and oxygen atoms in total. The van der Waals surface area contributed by atoms with Gasteiger partial charge in [-0.25, -0.2) is 0 Å². The number of ether oxygens (including phenoxy) is 1. The molecule has 35 heavy (non-hydrogen) atoms. The van der Waals surface area contributed by atoms with Crippen LogP contribution < -0.4 is 10.1 Å². The Hall–Kier alpha value is -3.58. The van der Waals surface area contributed by atoms with Gasteiger partial charge in [-0.2, -0.15) is 5.10 Å². The van der Waals surface area contributed by atoms with Crippen LogP contribution in [0.2, 0.25) is 0 Å². The van der Waals surface area contributed by atoms with Gasteiger partial charge in [-0.1, -0.05) is 48.5 Å². The monoisotopic (exact) mass is 530 g/mol. The summed E-state index contributed by atoms with van der Waals surface area (Å²) in [5.41, 5.74) is 6.58. The number of amides is 1. The number of nitrogens with one attached hydrogen (secondary N) is 1. The molecule has 5 rings (SSSR count). The summed E-state index contributed by atoms with van der Waals surface area (Å²) in [6.45, 7) is 5.08. The van der Waals surface area contributed by atoms with Gasteiger partial charge in [0.1, 0.15) is 11.9 Å². The predicted molar refractivity (Wildman–Crippen MR) is 141 cm³/mol. The Morgan fingerprint density at radius 1 is 1.00 bits per heavy atom. The fourth-order valence-electron chi connectivity index (χ4n) is 4.58. The van der Waals surface area contributed by atoms with E-state index < -0.39 is 0 Å². The fraction of sp³-hybridized carbons (Fsp3) is 0.214. The highest BCUT2D eigenvalue weighted by atomic mass is 79.9. The molecule has 0 fully saturated rings. The molecule has 0 spiro atoms. The number of anilines is 1. The number of methoxy groups -OCH3 is 1. The Morgan fingerprint density at radius 2 is 1.74 bits per heavy atom. The zero-order valence-corrected chi connectivity index (χ0v) is 21.5. The number of benzene rings is 3. The number of fused-ring (bicyclic) bond motifs is 1. The SMILES string of the molecule is COc1ccc([C@@H]2Nc3ccccc3C(=O)N2Cc2ccccc2)cc1Cn1nc(C)c(Br)c1C. The number of halogens is 1. The van der Waals surface area contributed by atoms with Gasteiger partial charge in [0.15, 0.2) is 0 Å². The molecule has 3 aromatic carbocycles. The van der Waals surface area contributed by atoms with Gasteiger partial charge in [-0.05, 0) is 65.2 Å². The topological polar surface area (TPSA) is 59.4 Å². The second kappa shape index (κ2) is 9.58. The van der Waals surface area contributed by atoms with Crippen LogP contribution in [-0.4, -0.2) is 27.7 Å². The highest BCUT2D eigenvalue weighted by Crippen LogP contribution is 2.36. The molecule has 0 aliphatic carbocycles. The average Bonchev–Trinajstić information content (AvgIpc) is 3.12. The molecule has 1 atom stereocenters. The molecule has 0 unspecified atom stereocenters. The van der Waals surface area contributed by atoms with Crippen molar-refractivity contribution < 1.29 is 9.53 Å². The van der Waals surface area contributed by atoms with Gasteiger partial charge in [0, 0.05) is 17.8 Å². The largest absolute Gasteiger partial charge is 0.496 e. The Morgan fingerprint density at radius 3 is 2.46 bits per heavy atom. The predicted octanol–water partition coefficient (Wildman–Crippen LogP) is 6.09. The van der Waals surface area contributed by atoms with Crippen LogP contribution in [0.4, 0.5) is 5.69 Å². The van der Waals surface area contributed by atoms with Crippen LogP contribution in [0.1, 0.15) is 44.6 Å². The van der Waals surface area contributed by atoms with Crippen molar-refractivity contribution in [2.24, 2.45) is 0 Å². The molecule has 1 aliphatic rings. The van der Waals surface area contributed by atoms with Crippen molar-refractivity contribution in [1.29, 1.82) is 0 Å². The normalized spacial score (nSPS) is 15.0. The van der Waals surface area contributed by atoms with Crippen LogP contribution in [0.3, 0.4) is 0 Å². The Balaban J connectivity index is 1.56. The Labute approximate surface area is 213 Å². The molecule has 2 heterocycles. The van der Waals surface area contributed by atoms with Gasteiger partial charge in [-0.15, -0.1) is 0 Å². The van der Waals surface area contributed by atoms with E-state index in [1.165, 1.54) is 0 Å². The van der Waals surface area contributed by atoms with Gasteiger partial charge in [0.2, 0.25) is 0 Å². The minimum atomic E-state index is -0.325. The number of aryl methyl sites for hydroxylation is 1. The minimum absolute atomic E-state index is 0.00745. The third kappa shape index (κ3) is 4.44. The van der Waals surface area contributed by atoms with Crippen molar-refractivity contribution in [3.63, 3.8) is 0 Å². The first-order valence-corrected chi connectivity index (χ1v) is 12.3. The molecule has 0 bridgehead atoms. The summed E-state index contributed by atoms with van der Waals surface area (Å²) in [6, 6.07) is 23.9. The quantitative estimate of drug-likeness (QED) is 0.328. The van der Waals surface area contributed by atoms with E-state index in [2.05, 4.69) is 32.4 Å². The number of aromatic nitrogens is 2. The molecule has 1 amide bonds. The van der Waals surface area contributed by atoms with Gasteiger partial charge in [0.25, 0.3) is 5.91 Å². The summed E-state index contributed by atoms with van der Waals surface area (Å²) in [5, 5.41) is 8.27. The highest BCUT2D eigenvalue weighted by molar-refractivity contribution is 9.10. The second-order valence-corrected chi connectivity index (χ2v) is 9.52. The Bertz CT molecular complexity index is 1380. The van der Waals surface area contributed by atoms with Crippen molar-refractivity contribution in [2.75, 3.05) is 12.4 Å². The van der Waals surface area contributed by atoms with Crippen molar-refractivity contribution in [3.8, 4) is 5.75 Å². The molecule has 0 saturated heterocycles. The van der Waals surface area contributed by atoms with E-state index in [-0.39, 0.29) is 12.1 Å². The first kappa shape index (κ1) is 23.2. The maximum absolute atomic E-state index is 13.6. The van der Waals surface area contributed by atoms with E-state index in [0.717, 1.165) is 44.0 Å². The third-order valence-corrected chi connectivity index (χ3v) is 7.60. The summed E-state index contributed by atoms with van der Waals surface area (Å²) in [6.07, 6.45) is -0.325. The second-order valence-electron chi connectivity index (χ2n) is 8.72. The summed E-state index contributed by atoms with van der Waals surface area (Å²) in [4.78, 5) is 15.5. The van der Waals surface area contributed by atoms with E-state index >= 15 is 0 Å². The maximum Gasteiger partial charge on any atom is 0.258 e. The summed E-state index contributed by atoms with van der Waals surface area (Å²) in [5.74, 6) is 0.794. The number of carbonyl (C=O) groups is 1. The summed E-state index contributed by atoms with van der Waals surface area (Å²) >= 11 is 3.62. The van der Waals surface area contributed by atoms with E-state index in [1.54, 1.807) is 7.11 Å². The van der Waals surface area contributed by atoms with Crippen LogP contribution in [0, 0.1) is 13.8 Å². The number of nitrogens with zero attached hydrogens (tertiary/aromatic N) is 3. The standard InChI is InChI=1S/C28H27BrN4O2/c1-18-26(29)19(2)33(31-18)17-22-15-21(13-14-25(22)35-3)27-30-24-12-8-7-11-23(24)28(34)32(27)16-20-9-5-4-6-10-20/h4-15,27,30H,16-17H2,1-3H3/t27-/m1/s1. The fourth-order valence-corrected chi connectivity index (χ4v) is 4.87. The van der Waals surface area contributed by atoms with Crippen molar-refractivity contribution in [3.05, 3.63) is 111 Å². The molecule has 1 aromatic heterocycles. The number of carbonyl (C=O) groups excluding carboxylic acids is 1. The molecule has 0 radical (unpaired) electrons. The van der Waals surface area contributed by atoms with Crippen molar-refractivity contribution in [2.45, 2.75) is 33.1 Å². The van der Waals surface area contributed by atoms with E-state index in [1.807, 2.05) is 90.2 Å². The number of rotatable bonds is 6. The molecule has 4 aromatic rings. The van der Waals surface area contributed by atoms with E-state index in [0.29, 0.717) is 18.7 Å². The lowest BCUT2D eigenvalue weighted by Gasteiger charge is -2.38. The number of hydrogen-bond acceptors (Lipinski definition) is 4. The van der Waals surface area contributed by atoms with Gasteiger partial charge < -0.3 is 15.0 Å². The molecular formula is C28H27BrN4O2. The van der Waals surface area contributed by atoms with Crippen LogP contribution in [0.25, 0.3) is 0 Å². The van der Waals surface area contributed by atoms with Crippen LogP contribution in [0.15, 0.2) is 77.3 Å². The third-order valence-electron chi connectivity index (χ3n) is 6.45. The lowest BCUT2D eigenvalue weighted by atomic mass is 10.0. The summed E-state index contributed by atoms with van der Waals surface area (Å²) < 4.78 is 8.66. The van der Waals surface area contributed by atoms with Crippen molar-refractivity contribution in [1.82, 2.24) is 14.7 Å². The summed E-state index contributed by atoms with van der Waals surface area (Å²) in [7, 11) is 1.68. The molecule has 7 heteroatoms. The van der Waals surface area contributed by atoms with Crippen molar-refractivity contribution >= 4 is 27.5 Å². The first-order valence-electron chi connectivity index (χ1n) is 11.5. The van der Waals surface area contributed by atoms with Crippen LogP contribution in [-0.2, 0) is 13.1 Å². The van der Waals surface area contributed by atoms with Crippen LogP contribution >= 0.6 is 15.9 Å². The molecule has 178 valence electrons. The van der Waals surface area contributed by atoms with Gasteiger partial charge >= 0.3 is 0 Å². The Kier molecular flexibility index (Phi) is 6.34.